The molecule has 144 valence electrons. The maximum absolute atomic E-state index is 12.4. The topological polar surface area (TPSA) is 54.5 Å². The number of hydrogen-bond donors (Lipinski definition) is 1. The zero-order valence-corrected chi connectivity index (χ0v) is 16.1. The summed E-state index contributed by atoms with van der Waals surface area (Å²) in [5, 5.41) is 3.02. The number of carbonyl (C=O) groups is 1. The smallest absolute Gasteiger partial charge is 0.251 e. The Morgan fingerprint density at radius 3 is 2.85 bits per heavy atom. The summed E-state index contributed by atoms with van der Waals surface area (Å²) >= 11 is 0. The Kier molecular flexibility index (Phi) is 7.22. The van der Waals surface area contributed by atoms with Gasteiger partial charge in [-0.1, -0.05) is 31.4 Å². The van der Waals surface area contributed by atoms with Gasteiger partial charge in [0.25, 0.3) is 5.91 Å². The van der Waals surface area contributed by atoms with Crippen molar-refractivity contribution < 1.29 is 9.53 Å². The minimum absolute atomic E-state index is 0.0566. The lowest BCUT2D eigenvalue weighted by Crippen LogP contribution is -2.39. The SMILES string of the molecule is CN(CCNC(=O)c1cccc(OCc2cccnc2)c1)C1CCCCC1. The van der Waals surface area contributed by atoms with Gasteiger partial charge in [-0.15, -0.1) is 0 Å². The number of hydrogen-bond acceptors (Lipinski definition) is 4. The Morgan fingerprint density at radius 2 is 2.07 bits per heavy atom. The molecule has 1 aromatic carbocycles. The summed E-state index contributed by atoms with van der Waals surface area (Å²) in [6.07, 6.45) is 10.1. The van der Waals surface area contributed by atoms with E-state index in [1.54, 1.807) is 18.5 Å². The third-order valence-corrected chi connectivity index (χ3v) is 5.17. The molecule has 0 bridgehead atoms. The monoisotopic (exact) mass is 367 g/mol. The van der Waals surface area contributed by atoms with E-state index >= 15 is 0 Å². The summed E-state index contributed by atoms with van der Waals surface area (Å²) < 4.78 is 5.78. The van der Waals surface area contributed by atoms with E-state index in [0.717, 1.165) is 12.1 Å². The quantitative estimate of drug-likeness (QED) is 0.774. The van der Waals surface area contributed by atoms with Crippen molar-refractivity contribution in [2.45, 2.75) is 44.8 Å². The van der Waals surface area contributed by atoms with Crippen molar-refractivity contribution in [1.82, 2.24) is 15.2 Å². The number of benzene rings is 1. The highest BCUT2D eigenvalue weighted by Gasteiger charge is 2.17. The van der Waals surface area contributed by atoms with Crippen LogP contribution in [0.3, 0.4) is 0 Å². The van der Waals surface area contributed by atoms with Gasteiger partial charge >= 0.3 is 0 Å². The van der Waals surface area contributed by atoms with Crippen LogP contribution < -0.4 is 10.1 Å². The number of carbonyl (C=O) groups excluding carboxylic acids is 1. The lowest BCUT2D eigenvalue weighted by atomic mass is 9.94. The highest BCUT2D eigenvalue weighted by Crippen LogP contribution is 2.21. The fraction of sp³-hybridized carbons (Fsp3) is 0.455. The van der Waals surface area contributed by atoms with E-state index in [2.05, 4.69) is 22.2 Å². The Morgan fingerprint density at radius 1 is 1.22 bits per heavy atom. The van der Waals surface area contributed by atoms with E-state index in [1.807, 2.05) is 30.3 Å². The molecule has 5 heteroatoms. The average molecular weight is 367 g/mol. The average Bonchev–Trinajstić information content (AvgIpc) is 2.73. The minimum atomic E-state index is -0.0566. The van der Waals surface area contributed by atoms with Gasteiger partial charge in [0, 0.05) is 42.7 Å². The second-order valence-electron chi connectivity index (χ2n) is 7.21. The number of amides is 1. The second kappa shape index (κ2) is 10.1. The molecule has 1 fully saturated rings. The lowest BCUT2D eigenvalue weighted by Gasteiger charge is -2.31. The van der Waals surface area contributed by atoms with E-state index in [4.69, 9.17) is 4.74 Å². The van der Waals surface area contributed by atoms with Crippen LogP contribution in [0.1, 0.15) is 48.0 Å². The number of nitrogens with zero attached hydrogens (tertiary/aromatic N) is 2. The van der Waals surface area contributed by atoms with Crippen molar-refractivity contribution in [2.24, 2.45) is 0 Å². The van der Waals surface area contributed by atoms with Gasteiger partial charge in [-0.2, -0.15) is 0 Å². The molecular formula is C22H29N3O2. The van der Waals surface area contributed by atoms with Gasteiger partial charge in [-0.05, 0) is 44.2 Å². The number of nitrogens with one attached hydrogen (secondary N) is 1. The molecule has 0 unspecified atom stereocenters. The fourth-order valence-electron chi connectivity index (χ4n) is 3.53. The maximum Gasteiger partial charge on any atom is 0.251 e. The molecule has 0 spiro atoms. The van der Waals surface area contributed by atoms with Crippen molar-refractivity contribution in [2.75, 3.05) is 20.1 Å². The molecule has 1 heterocycles. The molecule has 1 N–H and O–H groups in total. The Labute approximate surface area is 161 Å². The molecular weight excluding hydrogens is 338 g/mol. The molecule has 0 aliphatic heterocycles. The first-order chi connectivity index (χ1) is 13.2. The van der Waals surface area contributed by atoms with Crippen LogP contribution in [0.4, 0.5) is 0 Å². The van der Waals surface area contributed by atoms with Crippen molar-refractivity contribution in [1.29, 1.82) is 0 Å². The largest absolute Gasteiger partial charge is 0.489 e. The van der Waals surface area contributed by atoms with Gasteiger partial charge in [0.05, 0.1) is 0 Å². The first kappa shape index (κ1) is 19.4. The zero-order valence-electron chi connectivity index (χ0n) is 16.1. The molecule has 27 heavy (non-hydrogen) atoms. The van der Waals surface area contributed by atoms with Crippen LogP contribution >= 0.6 is 0 Å². The number of rotatable bonds is 8. The van der Waals surface area contributed by atoms with Crippen LogP contribution in [0.25, 0.3) is 0 Å². The molecule has 5 nitrogen and oxygen atoms in total. The zero-order chi connectivity index (χ0) is 18.9. The predicted molar refractivity (Wildman–Crippen MR) is 107 cm³/mol. The van der Waals surface area contributed by atoms with Gasteiger partial charge in [-0.25, -0.2) is 0 Å². The summed E-state index contributed by atoms with van der Waals surface area (Å²) in [4.78, 5) is 18.9. The molecule has 2 aromatic rings. The Hall–Kier alpha value is -2.40. The van der Waals surface area contributed by atoms with Gasteiger partial charge in [0.15, 0.2) is 0 Å². The van der Waals surface area contributed by atoms with E-state index in [0.29, 0.717) is 30.5 Å². The summed E-state index contributed by atoms with van der Waals surface area (Å²) in [6, 6.07) is 11.8. The van der Waals surface area contributed by atoms with Crippen molar-refractivity contribution in [3.05, 3.63) is 59.9 Å². The van der Waals surface area contributed by atoms with Crippen LogP contribution in [0.15, 0.2) is 48.8 Å². The van der Waals surface area contributed by atoms with Crippen molar-refractivity contribution >= 4 is 5.91 Å². The van der Waals surface area contributed by atoms with Crippen LogP contribution in [0.5, 0.6) is 5.75 Å². The van der Waals surface area contributed by atoms with Crippen LogP contribution in [0, 0.1) is 0 Å². The number of ether oxygens (including phenoxy) is 1. The Bertz CT molecular complexity index is 715. The first-order valence-electron chi connectivity index (χ1n) is 9.82. The third-order valence-electron chi connectivity index (χ3n) is 5.17. The van der Waals surface area contributed by atoms with Gasteiger partial charge in [0.1, 0.15) is 12.4 Å². The molecule has 1 amide bonds. The summed E-state index contributed by atoms with van der Waals surface area (Å²) in [7, 11) is 2.16. The third kappa shape index (κ3) is 6.07. The summed E-state index contributed by atoms with van der Waals surface area (Å²) in [5.74, 6) is 0.629. The molecule has 1 aromatic heterocycles. The number of pyridine rings is 1. The van der Waals surface area contributed by atoms with E-state index in [9.17, 15) is 4.79 Å². The molecule has 1 aliphatic rings. The second-order valence-corrected chi connectivity index (χ2v) is 7.21. The first-order valence-corrected chi connectivity index (χ1v) is 9.82. The molecule has 0 atom stereocenters. The van der Waals surface area contributed by atoms with E-state index < -0.39 is 0 Å². The van der Waals surface area contributed by atoms with Gasteiger partial charge in [-0.3, -0.25) is 9.78 Å². The molecule has 0 saturated heterocycles. The molecule has 1 saturated carbocycles. The van der Waals surface area contributed by atoms with E-state index in [1.165, 1.54) is 32.1 Å². The molecule has 1 aliphatic carbocycles. The minimum Gasteiger partial charge on any atom is -0.489 e. The normalized spacial score (nSPS) is 14.9. The van der Waals surface area contributed by atoms with Gasteiger partial charge < -0.3 is 15.0 Å². The van der Waals surface area contributed by atoms with Gasteiger partial charge in [0.2, 0.25) is 0 Å². The summed E-state index contributed by atoms with van der Waals surface area (Å²) in [5.41, 5.74) is 1.62. The highest BCUT2D eigenvalue weighted by molar-refractivity contribution is 5.94. The predicted octanol–water partition coefficient (Wildman–Crippen LogP) is 3.65. The lowest BCUT2D eigenvalue weighted by molar-refractivity contribution is 0.0944. The number of likely N-dealkylation sites (N-methyl/N-ethyl adjacent to an activating group) is 1. The molecule has 0 radical (unpaired) electrons. The Balaban J connectivity index is 1.45. The van der Waals surface area contributed by atoms with Crippen molar-refractivity contribution in [3.63, 3.8) is 0 Å². The molecule has 3 rings (SSSR count). The maximum atomic E-state index is 12.4. The summed E-state index contributed by atoms with van der Waals surface area (Å²) in [6.45, 7) is 1.98. The van der Waals surface area contributed by atoms with Crippen LogP contribution in [0.2, 0.25) is 0 Å². The fourth-order valence-corrected chi connectivity index (χ4v) is 3.53. The highest BCUT2D eigenvalue weighted by atomic mass is 16.5. The van der Waals surface area contributed by atoms with E-state index in [-0.39, 0.29) is 5.91 Å². The standard InChI is InChI=1S/C22H29N3O2/c1-25(20-9-3-2-4-10-20)14-13-24-22(26)19-8-5-11-21(15-19)27-17-18-7-6-12-23-16-18/h5-8,11-12,15-16,20H,2-4,9-10,13-14,17H2,1H3,(H,24,26). The van der Waals surface area contributed by atoms with Crippen LogP contribution in [-0.2, 0) is 6.61 Å². The van der Waals surface area contributed by atoms with Crippen molar-refractivity contribution in [3.8, 4) is 5.75 Å². The van der Waals surface area contributed by atoms with Crippen LogP contribution in [-0.4, -0.2) is 42.0 Å². The number of aromatic nitrogens is 1.